The van der Waals surface area contributed by atoms with Crippen LogP contribution >= 0.6 is 11.8 Å². The van der Waals surface area contributed by atoms with Gasteiger partial charge in [-0.05, 0) is 30.3 Å². The van der Waals surface area contributed by atoms with Gasteiger partial charge in [0.1, 0.15) is 5.03 Å². The van der Waals surface area contributed by atoms with Gasteiger partial charge in [0, 0.05) is 36.3 Å². The van der Waals surface area contributed by atoms with Crippen LogP contribution in [0.15, 0.2) is 71.8 Å². The Hall–Kier alpha value is -4.32. The van der Waals surface area contributed by atoms with Gasteiger partial charge in [-0.2, -0.15) is 9.61 Å². The Balaban J connectivity index is 1.33. The fourth-order valence-electron chi connectivity index (χ4n) is 3.06. The normalized spacial score (nSPS) is 10.7. The van der Waals surface area contributed by atoms with E-state index in [0.717, 1.165) is 0 Å². The van der Waals surface area contributed by atoms with Gasteiger partial charge in [-0.25, -0.2) is 0 Å². The van der Waals surface area contributed by atoms with Crippen molar-refractivity contribution in [1.29, 1.82) is 0 Å². The second kappa shape index (κ2) is 10.5. The first-order valence-corrected chi connectivity index (χ1v) is 11.2. The molecule has 0 bridgehead atoms. The highest BCUT2D eigenvalue weighted by Gasteiger charge is 2.12. The van der Waals surface area contributed by atoms with Gasteiger partial charge < -0.3 is 10.6 Å². The van der Waals surface area contributed by atoms with Crippen LogP contribution in [0, 0.1) is 10.1 Å². The molecule has 172 valence electrons. The van der Waals surface area contributed by atoms with Crippen molar-refractivity contribution in [3.05, 3.63) is 88.2 Å². The molecular weight excluding hydrogens is 458 g/mol. The third-order valence-electron chi connectivity index (χ3n) is 4.66. The van der Waals surface area contributed by atoms with Crippen LogP contribution in [0.1, 0.15) is 16.2 Å². The zero-order chi connectivity index (χ0) is 23.9. The summed E-state index contributed by atoms with van der Waals surface area (Å²) in [4.78, 5) is 34.8. The molecule has 0 aliphatic rings. The molecule has 12 heteroatoms. The number of nitro benzene ring substituents is 1. The first-order valence-electron chi connectivity index (χ1n) is 10.2. The molecule has 0 atom stereocenters. The van der Waals surface area contributed by atoms with Gasteiger partial charge in [-0.1, -0.05) is 36.0 Å². The SMILES string of the molecule is O=C(CSc1ccc2nnc(CCNC(=O)c3ccccc3)n2n1)Nc1cccc([N+](=O)[O-])c1. The van der Waals surface area contributed by atoms with Crippen molar-refractivity contribution in [2.75, 3.05) is 17.6 Å². The van der Waals surface area contributed by atoms with Gasteiger partial charge in [0.05, 0.1) is 10.7 Å². The number of rotatable bonds is 9. The van der Waals surface area contributed by atoms with Crippen molar-refractivity contribution in [2.24, 2.45) is 0 Å². The number of nitrogens with zero attached hydrogens (tertiary/aromatic N) is 5. The summed E-state index contributed by atoms with van der Waals surface area (Å²) >= 11 is 1.21. The quantitative estimate of drug-likeness (QED) is 0.213. The third-order valence-corrected chi connectivity index (χ3v) is 5.58. The van der Waals surface area contributed by atoms with E-state index in [2.05, 4.69) is 25.9 Å². The molecule has 34 heavy (non-hydrogen) atoms. The van der Waals surface area contributed by atoms with E-state index in [-0.39, 0.29) is 23.3 Å². The summed E-state index contributed by atoms with van der Waals surface area (Å²) in [6.45, 7) is 0.360. The van der Waals surface area contributed by atoms with E-state index in [9.17, 15) is 19.7 Å². The highest BCUT2D eigenvalue weighted by molar-refractivity contribution is 7.99. The third kappa shape index (κ3) is 5.72. The number of fused-ring (bicyclic) bond motifs is 1. The molecule has 0 radical (unpaired) electrons. The van der Waals surface area contributed by atoms with Crippen LogP contribution in [0.3, 0.4) is 0 Å². The van der Waals surface area contributed by atoms with E-state index in [1.54, 1.807) is 47.0 Å². The van der Waals surface area contributed by atoms with Gasteiger partial charge in [0.25, 0.3) is 11.6 Å². The Labute approximate surface area is 197 Å². The predicted molar refractivity (Wildman–Crippen MR) is 126 cm³/mol. The maximum atomic E-state index is 12.3. The lowest BCUT2D eigenvalue weighted by Crippen LogP contribution is -2.26. The summed E-state index contributed by atoms with van der Waals surface area (Å²) in [5, 5.41) is 29.6. The number of nitrogens with one attached hydrogen (secondary N) is 2. The van der Waals surface area contributed by atoms with Crippen LogP contribution in [-0.4, -0.2) is 48.8 Å². The fraction of sp³-hybridized carbons (Fsp3) is 0.136. The summed E-state index contributed by atoms with van der Waals surface area (Å²) in [6.07, 6.45) is 0.425. The van der Waals surface area contributed by atoms with Crippen molar-refractivity contribution in [3.8, 4) is 0 Å². The minimum atomic E-state index is -0.520. The van der Waals surface area contributed by atoms with Gasteiger partial charge in [0.2, 0.25) is 5.91 Å². The van der Waals surface area contributed by atoms with E-state index in [4.69, 9.17) is 0 Å². The van der Waals surface area contributed by atoms with Crippen molar-refractivity contribution in [1.82, 2.24) is 25.1 Å². The molecule has 4 rings (SSSR count). The standard InChI is InChI=1S/C22H19N7O4S/c30-20(24-16-7-4-8-17(13-16)29(32)33)14-34-21-10-9-18-25-26-19(28(18)27-21)11-12-23-22(31)15-5-2-1-3-6-15/h1-10,13H,11-12,14H2,(H,23,31)(H,24,30). The van der Waals surface area contributed by atoms with Gasteiger partial charge in [0.15, 0.2) is 11.5 Å². The Bertz CT molecular complexity index is 1340. The van der Waals surface area contributed by atoms with E-state index in [0.29, 0.717) is 40.7 Å². The molecule has 4 aromatic rings. The molecular formula is C22H19N7O4S. The maximum absolute atomic E-state index is 12.3. The van der Waals surface area contributed by atoms with E-state index < -0.39 is 4.92 Å². The van der Waals surface area contributed by atoms with Crippen molar-refractivity contribution >= 4 is 40.6 Å². The van der Waals surface area contributed by atoms with Crippen LogP contribution in [0.4, 0.5) is 11.4 Å². The molecule has 11 nitrogen and oxygen atoms in total. The number of amides is 2. The highest BCUT2D eigenvalue weighted by Crippen LogP contribution is 2.19. The number of non-ortho nitro benzene ring substituents is 1. The summed E-state index contributed by atoms with van der Waals surface area (Å²) in [6, 6.07) is 18.1. The van der Waals surface area contributed by atoms with Crippen molar-refractivity contribution in [3.63, 3.8) is 0 Å². The Kier molecular flexibility index (Phi) is 7.08. The number of nitro groups is 1. The van der Waals surface area contributed by atoms with Gasteiger partial charge in [-0.3, -0.25) is 19.7 Å². The van der Waals surface area contributed by atoms with Crippen molar-refractivity contribution in [2.45, 2.75) is 11.4 Å². The average Bonchev–Trinajstić information content (AvgIpc) is 3.25. The van der Waals surface area contributed by atoms with Crippen LogP contribution in [0.25, 0.3) is 5.65 Å². The molecule has 0 spiro atoms. The minimum Gasteiger partial charge on any atom is -0.352 e. The molecule has 2 amide bonds. The molecule has 0 saturated heterocycles. The fourth-order valence-corrected chi connectivity index (χ4v) is 3.72. The Morgan fingerprint density at radius 2 is 1.85 bits per heavy atom. The number of hydrogen-bond acceptors (Lipinski definition) is 8. The Morgan fingerprint density at radius 1 is 1.03 bits per heavy atom. The first-order chi connectivity index (χ1) is 16.5. The molecule has 0 saturated carbocycles. The zero-order valence-corrected chi connectivity index (χ0v) is 18.6. The highest BCUT2D eigenvalue weighted by atomic mass is 32.2. The van der Waals surface area contributed by atoms with E-state index in [1.165, 1.54) is 30.0 Å². The lowest BCUT2D eigenvalue weighted by Gasteiger charge is -2.06. The zero-order valence-electron chi connectivity index (χ0n) is 17.7. The molecule has 2 aromatic heterocycles. The van der Waals surface area contributed by atoms with Crippen LogP contribution < -0.4 is 10.6 Å². The van der Waals surface area contributed by atoms with Crippen LogP contribution in [0.5, 0.6) is 0 Å². The molecule has 0 fully saturated rings. The van der Waals surface area contributed by atoms with Crippen molar-refractivity contribution < 1.29 is 14.5 Å². The molecule has 2 aromatic carbocycles. The number of carbonyl (C=O) groups excluding carboxylic acids is 2. The summed E-state index contributed by atoms with van der Waals surface area (Å²) in [5.74, 6) is 0.145. The monoisotopic (exact) mass is 477 g/mol. The number of carbonyl (C=O) groups is 2. The number of aromatic nitrogens is 4. The second-order valence-corrected chi connectivity index (χ2v) is 8.07. The molecule has 2 N–H and O–H groups in total. The second-order valence-electron chi connectivity index (χ2n) is 7.07. The van der Waals surface area contributed by atoms with Gasteiger partial charge >= 0.3 is 0 Å². The largest absolute Gasteiger partial charge is 0.352 e. The molecule has 0 unspecified atom stereocenters. The lowest BCUT2D eigenvalue weighted by atomic mass is 10.2. The maximum Gasteiger partial charge on any atom is 0.271 e. The number of thioether (sulfide) groups is 1. The summed E-state index contributed by atoms with van der Waals surface area (Å²) in [7, 11) is 0. The van der Waals surface area contributed by atoms with E-state index in [1.807, 2.05) is 6.07 Å². The minimum absolute atomic E-state index is 0.0613. The van der Waals surface area contributed by atoms with Crippen LogP contribution in [-0.2, 0) is 11.2 Å². The topological polar surface area (TPSA) is 144 Å². The number of benzene rings is 2. The molecule has 0 aliphatic heterocycles. The summed E-state index contributed by atoms with van der Waals surface area (Å²) < 4.78 is 1.58. The number of hydrogen-bond donors (Lipinski definition) is 2. The average molecular weight is 478 g/mol. The first kappa shape index (κ1) is 22.9. The predicted octanol–water partition coefficient (Wildman–Crippen LogP) is 2.74. The summed E-state index contributed by atoms with van der Waals surface area (Å²) in [5.41, 5.74) is 1.38. The Morgan fingerprint density at radius 3 is 2.65 bits per heavy atom. The van der Waals surface area contributed by atoms with Crippen LogP contribution in [0.2, 0.25) is 0 Å². The van der Waals surface area contributed by atoms with Gasteiger partial charge in [-0.15, -0.1) is 10.2 Å². The molecule has 2 heterocycles. The van der Waals surface area contributed by atoms with E-state index >= 15 is 0 Å². The lowest BCUT2D eigenvalue weighted by molar-refractivity contribution is -0.384. The smallest absolute Gasteiger partial charge is 0.271 e. The molecule has 0 aliphatic carbocycles. The number of anilines is 1.